The van der Waals surface area contributed by atoms with Gasteiger partial charge in [0.2, 0.25) is 15.9 Å². The van der Waals surface area contributed by atoms with Gasteiger partial charge in [-0.15, -0.1) is 0 Å². The fourth-order valence-corrected chi connectivity index (χ4v) is 6.06. The van der Waals surface area contributed by atoms with Crippen LogP contribution in [0.3, 0.4) is 0 Å². The Balaban J connectivity index is 1.42. The topological polar surface area (TPSA) is 154 Å². The molecule has 1 fully saturated rings. The van der Waals surface area contributed by atoms with Crippen molar-refractivity contribution in [2.45, 2.75) is 42.7 Å². The lowest BCUT2D eigenvalue weighted by atomic mass is 10.1. The third kappa shape index (κ3) is 8.13. The van der Waals surface area contributed by atoms with E-state index in [1.165, 1.54) is 12.1 Å². The van der Waals surface area contributed by atoms with Gasteiger partial charge in [-0.1, -0.05) is 78.9 Å². The van der Waals surface area contributed by atoms with Crippen LogP contribution in [-0.2, 0) is 37.5 Å². The second kappa shape index (κ2) is 13.9. The molecule has 0 unspecified atom stereocenters. The fraction of sp³-hybridized carbons (Fsp3) is 0.276. The van der Waals surface area contributed by atoms with Gasteiger partial charge < -0.3 is 25.8 Å². The van der Waals surface area contributed by atoms with E-state index in [1.54, 1.807) is 18.2 Å². The molecule has 3 aromatic carbocycles. The first-order chi connectivity index (χ1) is 19.7. The summed E-state index contributed by atoms with van der Waals surface area (Å²) in [5, 5.41) is 17.2. The van der Waals surface area contributed by atoms with Crippen LogP contribution in [0.25, 0.3) is 0 Å². The molecule has 1 heterocycles. The highest BCUT2D eigenvalue weighted by molar-refractivity contribution is 7.89. The molecule has 41 heavy (non-hydrogen) atoms. The number of aliphatic carboxylic acids is 1. The predicted molar refractivity (Wildman–Crippen MR) is 150 cm³/mol. The van der Waals surface area contributed by atoms with Crippen molar-refractivity contribution >= 4 is 27.9 Å². The number of carbonyl (C=O) groups excluding carboxylic acids is 2. The average molecular weight is 581 g/mol. The van der Waals surface area contributed by atoms with Crippen LogP contribution in [0.4, 0.5) is 4.79 Å². The molecule has 3 atom stereocenters. The van der Waals surface area contributed by atoms with Crippen molar-refractivity contribution < 1.29 is 32.6 Å². The molecule has 3 amide bonds. The number of amides is 3. The number of sulfonamides is 1. The number of carbonyl (C=O) groups is 3. The summed E-state index contributed by atoms with van der Waals surface area (Å²) < 4.78 is 34.0. The highest BCUT2D eigenvalue weighted by Crippen LogP contribution is 2.28. The first kappa shape index (κ1) is 29.7. The molecule has 11 nitrogen and oxygen atoms in total. The molecule has 1 saturated heterocycles. The maximum Gasteiger partial charge on any atom is 0.328 e. The summed E-state index contributed by atoms with van der Waals surface area (Å²) in [6, 6.07) is 22.9. The number of carboxylic acid groups (broad SMARTS) is 1. The number of benzene rings is 3. The summed E-state index contributed by atoms with van der Waals surface area (Å²) >= 11 is 0. The maximum absolute atomic E-state index is 13.5. The van der Waals surface area contributed by atoms with Gasteiger partial charge in [-0.2, -0.15) is 4.31 Å². The minimum Gasteiger partial charge on any atom is -0.480 e. The minimum atomic E-state index is -4.10. The smallest absolute Gasteiger partial charge is 0.328 e. The lowest BCUT2D eigenvalue weighted by molar-refractivity contribution is -0.142. The van der Waals surface area contributed by atoms with Crippen LogP contribution in [0.15, 0.2) is 95.9 Å². The van der Waals surface area contributed by atoms with Gasteiger partial charge in [-0.3, -0.25) is 4.79 Å². The standard InChI is InChI=1S/C29H32N4O7S/c34-27(32-25(28(35)36)18-31-29(37)30-17-21-10-4-1-5-11-21)26-16-23(40-20-22-12-6-2-7-13-22)19-33(26)41(38,39)24-14-8-3-9-15-24/h1-15,23,25-26H,16-20H2,(H,32,34)(H,35,36)(H2,30,31,37)/t23-,25+,26+/m1/s1. The number of ether oxygens (including phenoxy) is 1. The summed E-state index contributed by atoms with van der Waals surface area (Å²) in [7, 11) is -4.10. The molecular formula is C29H32N4O7S. The molecular weight excluding hydrogens is 548 g/mol. The van der Waals surface area contributed by atoms with Gasteiger partial charge in [-0.25, -0.2) is 18.0 Å². The summed E-state index contributed by atoms with van der Waals surface area (Å²) in [6.45, 7) is -0.0395. The number of hydrogen-bond donors (Lipinski definition) is 4. The molecule has 4 rings (SSSR count). The Hall–Kier alpha value is -4.26. The van der Waals surface area contributed by atoms with Gasteiger partial charge in [0.15, 0.2) is 0 Å². The highest BCUT2D eigenvalue weighted by Gasteiger charge is 2.45. The Morgan fingerprint density at radius 3 is 2.07 bits per heavy atom. The van der Waals surface area contributed by atoms with Crippen molar-refractivity contribution in [3.8, 4) is 0 Å². The van der Waals surface area contributed by atoms with Crippen molar-refractivity contribution in [3.63, 3.8) is 0 Å². The van der Waals surface area contributed by atoms with Crippen molar-refractivity contribution in [1.29, 1.82) is 0 Å². The Bertz CT molecular complexity index is 1420. The van der Waals surface area contributed by atoms with E-state index in [0.29, 0.717) is 0 Å². The Morgan fingerprint density at radius 2 is 1.46 bits per heavy atom. The second-order valence-corrected chi connectivity index (χ2v) is 11.4. The predicted octanol–water partition coefficient (Wildman–Crippen LogP) is 2.10. The zero-order valence-corrected chi connectivity index (χ0v) is 23.0. The van der Waals surface area contributed by atoms with E-state index in [0.717, 1.165) is 15.4 Å². The van der Waals surface area contributed by atoms with Gasteiger partial charge in [0.25, 0.3) is 0 Å². The molecule has 0 aliphatic carbocycles. The van der Waals surface area contributed by atoms with Crippen LogP contribution in [0.2, 0.25) is 0 Å². The van der Waals surface area contributed by atoms with E-state index in [2.05, 4.69) is 16.0 Å². The molecule has 1 aliphatic heterocycles. The number of urea groups is 1. The summed E-state index contributed by atoms with van der Waals surface area (Å²) in [5.41, 5.74) is 1.75. The molecule has 0 aromatic heterocycles. The van der Waals surface area contributed by atoms with Crippen LogP contribution in [0.1, 0.15) is 17.5 Å². The molecule has 0 saturated carbocycles. The van der Waals surface area contributed by atoms with E-state index in [4.69, 9.17) is 4.74 Å². The average Bonchev–Trinajstić information content (AvgIpc) is 3.44. The molecule has 12 heteroatoms. The van der Waals surface area contributed by atoms with Crippen LogP contribution < -0.4 is 16.0 Å². The molecule has 4 N–H and O–H groups in total. The first-order valence-electron chi connectivity index (χ1n) is 13.1. The van der Waals surface area contributed by atoms with Crippen LogP contribution in [0, 0.1) is 0 Å². The fourth-order valence-electron chi connectivity index (χ4n) is 4.41. The minimum absolute atomic E-state index is 0.00745. The van der Waals surface area contributed by atoms with Gasteiger partial charge in [0.1, 0.15) is 12.1 Å². The number of rotatable bonds is 12. The van der Waals surface area contributed by atoms with E-state index < -0.39 is 52.7 Å². The zero-order valence-electron chi connectivity index (χ0n) is 22.2. The van der Waals surface area contributed by atoms with E-state index in [9.17, 15) is 27.9 Å². The van der Waals surface area contributed by atoms with Crippen LogP contribution >= 0.6 is 0 Å². The van der Waals surface area contributed by atoms with Gasteiger partial charge in [0, 0.05) is 19.5 Å². The van der Waals surface area contributed by atoms with E-state index >= 15 is 0 Å². The summed E-state index contributed by atoms with van der Waals surface area (Å²) in [5.74, 6) is -2.18. The summed E-state index contributed by atoms with van der Waals surface area (Å²) in [6.07, 6.45) is -0.572. The Morgan fingerprint density at radius 1 is 0.878 bits per heavy atom. The highest BCUT2D eigenvalue weighted by atomic mass is 32.2. The van der Waals surface area contributed by atoms with Gasteiger partial charge >= 0.3 is 12.0 Å². The molecule has 1 aliphatic rings. The van der Waals surface area contributed by atoms with Crippen molar-refractivity contribution in [1.82, 2.24) is 20.3 Å². The van der Waals surface area contributed by atoms with Gasteiger partial charge in [0.05, 0.1) is 24.2 Å². The molecule has 3 aromatic rings. The largest absolute Gasteiger partial charge is 0.480 e. The van der Waals surface area contributed by atoms with Crippen LogP contribution in [-0.4, -0.2) is 67.0 Å². The van der Waals surface area contributed by atoms with Gasteiger partial charge in [-0.05, 0) is 23.3 Å². The second-order valence-electron chi connectivity index (χ2n) is 9.51. The van der Waals surface area contributed by atoms with E-state index in [1.807, 2.05) is 60.7 Å². The normalized spacial score (nSPS) is 17.9. The zero-order chi connectivity index (χ0) is 29.2. The number of nitrogens with zero attached hydrogens (tertiary/aromatic N) is 1. The summed E-state index contributed by atoms with van der Waals surface area (Å²) in [4.78, 5) is 37.5. The Kier molecular flexibility index (Phi) is 10.1. The molecule has 0 bridgehead atoms. The number of nitrogens with one attached hydrogen (secondary N) is 3. The lowest BCUT2D eigenvalue weighted by Gasteiger charge is -2.25. The maximum atomic E-state index is 13.5. The monoisotopic (exact) mass is 580 g/mol. The number of hydrogen-bond acceptors (Lipinski definition) is 6. The van der Waals surface area contributed by atoms with Crippen LogP contribution in [0.5, 0.6) is 0 Å². The van der Waals surface area contributed by atoms with Crippen molar-refractivity contribution in [2.75, 3.05) is 13.1 Å². The van der Waals surface area contributed by atoms with Crippen molar-refractivity contribution in [2.24, 2.45) is 0 Å². The number of carboxylic acids is 1. The SMILES string of the molecule is O=C(NCc1ccccc1)NC[C@H](NC(=O)[C@@H]1C[C@@H](OCc2ccccc2)CN1S(=O)(=O)c1ccccc1)C(=O)O. The molecule has 216 valence electrons. The first-order valence-corrected chi connectivity index (χ1v) is 14.5. The quantitative estimate of drug-likeness (QED) is 0.256. The molecule has 0 spiro atoms. The van der Waals surface area contributed by atoms with E-state index in [-0.39, 0.29) is 31.0 Å². The third-order valence-corrected chi connectivity index (χ3v) is 8.46. The lowest BCUT2D eigenvalue weighted by Crippen LogP contribution is -2.54. The Labute approximate surface area is 238 Å². The van der Waals surface area contributed by atoms with Crippen molar-refractivity contribution in [3.05, 3.63) is 102 Å². The molecule has 0 radical (unpaired) electrons. The third-order valence-electron chi connectivity index (χ3n) is 6.58.